The molecular formula is C34H42N4O6. The monoisotopic (exact) mass is 602 g/mol. The lowest BCUT2D eigenvalue weighted by molar-refractivity contribution is -0.253. The molecule has 0 saturated carbocycles. The molecule has 3 aromatic rings. The number of aliphatic hydroxyl groups excluding tert-OH is 2. The van der Waals surface area contributed by atoms with Gasteiger partial charge in [0.05, 0.1) is 36.8 Å². The van der Waals surface area contributed by atoms with Crippen LogP contribution in [0.1, 0.15) is 67.6 Å². The smallest absolute Gasteiger partial charge is 0.224 e. The number of carbonyl (C=O) groups is 2. The van der Waals surface area contributed by atoms with Crippen LogP contribution in [0.5, 0.6) is 0 Å². The van der Waals surface area contributed by atoms with Crippen LogP contribution >= 0.6 is 0 Å². The second-order valence-electron chi connectivity index (χ2n) is 11.5. The molecule has 6 N–H and O–H groups in total. The van der Waals surface area contributed by atoms with Crippen molar-refractivity contribution in [1.29, 1.82) is 0 Å². The molecule has 2 saturated heterocycles. The summed E-state index contributed by atoms with van der Waals surface area (Å²) in [7, 11) is 0. The first-order valence-electron chi connectivity index (χ1n) is 15.3. The molecule has 2 heterocycles. The summed E-state index contributed by atoms with van der Waals surface area (Å²) in [5, 5.41) is 24.9. The Balaban J connectivity index is 1.17. The van der Waals surface area contributed by atoms with E-state index in [1.54, 1.807) is 24.3 Å². The van der Waals surface area contributed by atoms with Gasteiger partial charge in [-0.05, 0) is 61.2 Å². The zero-order valence-electron chi connectivity index (χ0n) is 24.9. The number of rotatable bonds is 12. The number of nitrogens with two attached hydrogens (primary N) is 1. The van der Waals surface area contributed by atoms with Crippen LogP contribution in [0.25, 0.3) is 0 Å². The summed E-state index contributed by atoms with van der Waals surface area (Å²) in [5.41, 5.74) is 10.3. The first kappa shape index (κ1) is 31.6. The van der Waals surface area contributed by atoms with Gasteiger partial charge in [0.1, 0.15) is 0 Å². The van der Waals surface area contributed by atoms with E-state index in [1.165, 1.54) is 0 Å². The van der Waals surface area contributed by atoms with Crippen molar-refractivity contribution in [2.24, 2.45) is 0 Å². The Bertz CT molecular complexity index is 1380. The van der Waals surface area contributed by atoms with Crippen LogP contribution in [0.2, 0.25) is 0 Å². The van der Waals surface area contributed by atoms with Crippen LogP contribution in [0, 0.1) is 0 Å². The summed E-state index contributed by atoms with van der Waals surface area (Å²) in [6.07, 6.45) is 2.64. The van der Waals surface area contributed by atoms with Crippen molar-refractivity contribution in [2.75, 3.05) is 36.1 Å². The predicted molar refractivity (Wildman–Crippen MR) is 169 cm³/mol. The minimum Gasteiger partial charge on any atom is -0.397 e. The van der Waals surface area contributed by atoms with Crippen molar-refractivity contribution in [3.63, 3.8) is 0 Å². The standard InChI is InChI=1S/C34H42N4O6/c35-29-6-1-2-7-30(29)37-33(42)9-3-8-32(41)36-26-16-14-25(15-17-26)34-43-28(20-38-18-4-5-27(38)22-40)19-31(44-34)24-12-10-23(21-39)11-13-24/h1-2,6-7,10-17,27-28,31,34,39-40H,3-5,8-9,18-22,35H2,(H,36,41)(H,37,42). The molecule has 2 fully saturated rings. The number of nitrogens with zero attached hydrogens (tertiary/aromatic N) is 1. The quantitative estimate of drug-likeness (QED) is 0.190. The molecule has 0 aliphatic carbocycles. The summed E-state index contributed by atoms with van der Waals surface area (Å²) >= 11 is 0. The predicted octanol–water partition coefficient (Wildman–Crippen LogP) is 4.51. The average Bonchev–Trinajstić information content (AvgIpc) is 3.49. The fraction of sp³-hybridized carbons (Fsp3) is 0.412. The van der Waals surface area contributed by atoms with Gasteiger partial charge in [-0.3, -0.25) is 14.5 Å². The molecule has 0 spiro atoms. The molecule has 3 aromatic carbocycles. The molecule has 10 heteroatoms. The lowest BCUT2D eigenvalue weighted by Gasteiger charge is -2.38. The number of aliphatic hydroxyl groups is 2. The van der Waals surface area contributed by atoms with Gasteiger partial charge < -0.3 is 36.1 Å². The Morgan fingerprint density at radius 3 is 2.30 bits per heavy atom. The molecule has 0 bridgehead atoms. The Labute approximate surface area is 258 Å². The summed E-state index contributed by atoms with van der Waals surface area (Å²) in [4.78, 5) is 27.1. The molecule has 2 amide bonds. The van der Waals surface area contributed by atoms with E-state index in [2.05, 4.69) is 15.5 Å². The van der Waals surface area contributed by atoms with Crippen LogP contribution < -0.4 is 16.4 Å². The SMILES string of the molecule is Nc1ccccc1NC(=O)CCCC(=O)Nc1ccc(C2OC(CN3CCCC3CO)CC(c3ccc(CO)cc3)O2)cc1. The molecule has 234 valence electrons. The number of anilines is 3. The van der Waals surface area contributed by atoms with Gasteiger partial charge in [0.15, 0.2) is 6.29 Å². The normalized spacial score (nSPS) is 22.0. The Morgan fingerprint density at radius 1 is 0.886 bits per heavy atom. The Kier molecular flexibility index (Phi) is 11.0. The topological polar surface area (TPSA) is 146 Å². The van der Waals surface area contributed by atoms with E-state index in [-0.39, 0.29) is 56.1 Å². The number of hydrogen-bond acceptors (Lipinski definition) is 8. The lowest BCUT2D eigenvalue weighted by Crippen LogP contribution is -2.42. The van der Waals surface area contributed by atoms with Crippen LogP contribution in [-0.4, -0.2) is 58.8 Å². The highest BCUT2D eigenvalue weighted by Gasteiger charge is 2.35. The maximum absolute atomic E-state index is 12.5. The van der Waals surface area contributed by atoms with Gasteiger partial charge in [0.25, 0.3) is 0 Å². The maximum Gasteiger partial charge on any atom is 0.224 e. The highest BCUT2D eigenvalue weighted by molar-refractivity contribution is 5.94. The Morgan fingerprint density at radius 2 is 1.59 bits per heavy atom. The minimum absolute atomic E-state index is 0.0142. The number of nitrogens with one attached hydrogen (secondary N) is 2. The molecule has 2 aliphatic rings. The molecule has 2 aliphatic heterocycles. The number of benzene rings is 3. The summed E-state index contributed by atoms with van der Waals surface area (Å²) in [6, 6.07) is 22.4. The van der Waals surface area contributed by atoms with E-state index in [0.29, 0.717) is 36.4 Å². The van der Waals surface area contributed by atoms with Gasteiger partial charge in [-0.1, -0.05) is 48.5 Å². The first-order valence-corrected chi connectivity index (χ1v) is 15.3. The number of hydrogen-bond donors (Lipinski definition) is 5. The summed E-state index contributed by atoms with van der Waals surface area (Å²) in [5.74, 6) is -0.365. The third kappa shape index (κ3) is 8.43. The van der Waals surface area contributed by atoms with Crippen molar-refractivity contribution in [1.82, 2.24) is 4.90 Å². The largest absolute Gasteiger partial charge is 0.397 e. The van der Waals surface area contributed by atoms with Crippen molar-refractivity contribution < 1.29 is 29.3 Å². The molecule has 5 rings (SSSR count). The Hall–Kier alpha value is -3.80. The van der Waals surface area contributed by atoms with Crippen LogP contribution in [0.15, 0.2) is 72.8 Å². The minimum atomic E-state index is -0.603. The number of nitrogen functional groups attached to an aromatic ring is 1. The van der Waals surface area contributed by atoms with E-state index < -0.39 is 6.29 Å². The number of para-hydroxylation sites is 2. The van der Waals surface area contributed by atoms with Crippen molar-refractivity contribution in [3.05, 3.63) is 89.5 Å². The number of ether oxygens (including phenoxy) is 2. The summed E-state index contributed by atoms with van der Waals surface area (Å²) in [6.45, 7) is 1.77. The average molecular weight is 603 g/mol. The third-order valence-corrected chi connectivity index (χ3v) is 8.27. The van der Waals surface area contributed by atoms with E-state index >= 15 is 0 Å². The van der Waals surface area contributed by atoms with Gasteiger partial charge >= 0.3 is 0 Å². The first-order chi connectivity index (χ1) is 21.4. The van der Waals surface area contributed by atoms with Crippen LogP contribution in [0.3, 0.4) is 0 Å². The molecule has 4 atom stereocenters. The van der Waals surface area contributed by atoms with Gasteiger partial charge in [0.2, 0.25) is 11.8 Å². The molecule has 44 heavy (non-hydrogen) atoms. The number of carbonyl (C=O) groups excluding carboxylic acids is 2. The van der Waals surface area contributed by atoms with E-state index in [9.17, 15) is 19.8 Å². The van der Waals surface area contributed by atoms with Gasteiger partial charge in [-0.2, -0.15) is 0 Å². The van der Waals surface area contributed by atoms with E-state index in [1.807, 2.05) is 48.5 Å². The van der Waals surface area contributed by atoms with Crippen molar-refractivity contribution in [3.8, 4) is 0 Å². The molecular weight excluding hydrogens is 560 g/mol. The molecule has 4 unspecified atom stereocenters. The highest BCUT2D eigenvalue weighted by Crippen LogP contribution is 2.39. The molecule has 0 aromatic heterocycles. The zero-order valence-corrected chi connectivity index (χ0v) is 24.9. The number of amides is 2. The second-order valence-corrected chi connectivity index (χ2v) is 11.5. The van der Waals surface area contributed by atoms with Gasteiger partial charge in [0, 0.05) is 43.1 Å². The number of likely N-dealkylation sites (tertiary alicyclic amines) is 1. The van der Waals surface area contributed by atoms with E-state index in [0.717, 1.165) is 36.1 Å². The lowest BCUT2D eigenvalue weighted by atomic mass is 9.99. The third-order valence-electron chi connectivity index (χ3n) is 8.27. The fourth-order valence-corrected chi connectivity index (χ4v) is 5.82. The van der Waals surface area contributed by atoms with Crippen LogP contribution in [-0.2, 0) is 25.7 Å². The van der Waals surface area contributed by atoms with Gasteiger partial charge in [-0.25, -0.2) is 0 Å². The molecule has 10 nitrogen and oxygen atoms in total. The fourth-order valence-electron chi connectivity index (χ4n) is 5.82. The maximum atomic E-state index is 12.5. The molecule has 0 radical (unpaired) electrons. The van der Waals surface area contributed by atoms with Crippen molar-refractivity contribution >= 4 is 28.9 Å². The highest BCUT2D eigenvalue weighted by atomic mass is 16.7. The summed E-state index contributed by atoms with van der Waals surface area (Å²) < 4.78 is 12.9. The zero-order chi connectivity index (χ0) is 30.9. The van der Waals surface area contributed by atoms with Gasteiger partial charge in [-0.15, -0.1) is 0 Å². The second kappa shape index (κ2) is 15.3. The van der Waals surface area contributed by atoms with Crippen molar-refractivity contribution in [2.45, 2.75) is 69.7 Å². The van der Waals surface area contributed by atoms with E-state index in [4.69, 9.17) is 15.2 Å². The van der Waals surface area contributed by atoms with Crippen LogP contribution in [0.4, 0.5) is 17.1 Å².